The second-order valence-corrected chi connectivity index (χ2v) is 13.3. The Hall–Kier alpha value is -1.34. The fourth-order valence-corrected chi connectivity index (χ4v) is 7.92. The molecule has 4 heterocycles. The Kier molecular flexibility index (Phi) is 11.3. The molecule has 5 fully saturated rings. The molecule has 41 heavy (non-hydrogen) atoms. The van der Waals surface area contributed by atoms with Crippen molar-refractivity contribution in [2.45, 2.75) is 82.8 Å². The van der Waals surface area contributed by atoms with E-state index in [4.69, 9.17) is 9.47 Å². The highest BCUT2D eigenvalue weighted by Crippen LogP contribution is 2.41. The zero-order chi connectivity index (χ0) is 28.8. The van der Waals surface area contributed by atoms with Crippen LogP contribution in [0.3, 0.4) is 0 Å². The van der Waals surface area contributed by atoms with E-state index in [1.165, 1.54) is 6.42 Å². The zero-order valence-electron chi connectivity index (χ0n) is 25.2. The number of hydrogen-bond donors (Lipinski definition) is 5. The smallest absolute Gasteiger partial charge is 0.224 e. The van der Waals surface area contributed by atoms with Gasteiger partial charge in [0.05, 0.1) is 37.6 Å². The Morgan fingerprint density at radius 3 is 2.63 bits per heavy atom. The number of likely N-dealkylation sites (tertiary alicyclic amines) is 2. The number of fused-ring (bicyclic) bond motifs is 1. The summed E-state index contributed by atoms with van der Waals surface area (Å²) in [5.74, 6) is 1.95. The van der Waals surface area contributed by atoms with Crippen LogP contribution in [0.4, 0.5) is 0 Å². The molecule has 234 valence electrons. The monoisotopic (exact) mass is 578 g/mol. The van der Waals surface area contributed by atoms with Crippen molar-refractivity contribution in [1.82, 2.24) is 31.1 Å². The normalized spacial score (nSPS) is 36.1. The van der Waals surface area contributed by atoms with E-state index in [2.05, 4.69) is 33.1 Å². The number of rotatable bonds is 10. The Balaban J connectivity index is 0.976. The molecule has 0 aromatic heterocycles. The minimum atomic E-state index is -0.565. The molecule has 0 bridgehead atoms. The topological polar surface area (TPSA) is 127 Å². The predicted molar refractivity (Wildman–Crippen MR) is 156 cm³/mol. The van der Waals surface area contributed by atoms with E-state index in [9.17, 15) is 14.7 Å². The summed E-state index contributed by atoms with van der Waals surface area (Å²) in [4.78, 5) is 28.9. The van der Waals surface area contributed by atoms with Gasteiger partial charge < -0.3 is 40.3 Å². The minimum absolute atomic E-state index is 0.0269. The summed E-state index contributed by atoms with van der Waals surface area (Å²) in [7, 11) is 0. The summed E-state index contributed by atoms with van der Waals surface area (Å²) < 4.78 is 11.9. The molecule has 0 radical (unpaired) electrons. The molecule has 11 heteroatoms. The van der Waals surface area contributed by atoms with Crippen LogP contribution in [0.15, 0.2) is 0 Å². The standard InChI is InChI=1S/C30H54N6O5/c1-20-28-7-8-35(16-22(28)3-4-29(20)40-18-27-15-32-19-41-27)17-26(38)14-33-30(39)23-11-25(13-31-12-23)34-24-5-9-36(10-6-24)21(2)37/h20,22-29,31-32,34,38H,3-19H2,1-2H3,(H,33,39)/t20?,22?,23?,25?,26-,27?,28?,29?/m0/s1. The molecule has 7 unspecified atom stereocenters. The van der Waals surface area contributed by atoms with Crippen LogP contribution in [0.1, 0.15) is 52.4 Å². The third kappa shape index (κ3) is 8.61. The molecular formula is C30H54N6O5. The first-order chi connectivity index (χ1) is 19.9. The van der Waals surface area contributed by atoms with Crippen LogP contribution >= 0.6 is 0 Å². The van der Waals surface area contributed by atoms with Gasteiger partial charge in [0, 0.05) is 71.4 Å². The van der Waals surface area contributed by atoms with Crippen molar-refractivity contribution in [3.05, 3.63) is 0 Å². The number of piperidine rings is 3. The van der Waals surface area contributed by atoms with Gasteiger partial charge >= 0.3 is 0 Å². The second kappa shape index (κ2) is 14.9. The molecule has 4 saturated heterocycles. The maximum Gasteiger partial charge on any atom is 0.224 e. The lowest BCUT2D eigenvalue weighted by molar-refractivity contribution is -0.130. The van der Waals surface area contributed by atoms with E-state index in [1.54, 1.807) is 6.92 Å². The van der Waals surface area contributed by atoms with Crippen LogP contribution in [0, 0.1) is 23.7 Å². The van der Waals surface area contributed by atoms with Crippen molar-refractivity contribution in [3.63, 3.8) is 0 Å². The van der Waals surface area contributed by atoms with Crippen molar-refractivity contribution in [2.75, 3.05) is 72.2 Å². The summed E-state index contributed by atoms with van der Waals surface area (Å²) in [6.07, 6.45) is 6.05. The maximum absolute atomic E-state index is 13.0. The quantitative estimate of drug-likeness (QED) is 0.238. The number of aliphatic hydroxyl groups is 1. The summed E-state index contributed by atoms with van der Waals surface area (Å²) in [6.45, 7) is 12.2. The number of ether oxygens (including phenoxy) is 2. The number of nitrogens with zero attached hydrogens (tertiary/aromatic N) is 2. The molecule has 5 N–H and O–H groups in total. The highest BCUT2D eigenvalue weighted by Gasteiger charge is 2.41. The van der Waals surface area contributed by atoms with E-state index in [-0.39, 0.29) is 29.9 Å². The fourth-order valence-electron chi connectivity index (χ4n) is 7.92. The third-order valence-electron chi connectivity index (χ3n) is 10.4. The molecule has 8 atom stereocenters. The molecule has 4 aliphatic heterocycles. The highest BCUT2D eigenvalue weighted by atomic mass is 16.5. The van der Waals surface area contributed by atoms with Gasteiger partial charge in [-0.1, -0.05) is 6.92 Å². The van der Waals surface area contributed by atoms with Crippen LogP contribution in [0.5, 0.6) is 0 Å². The van der Waals surface area contributed by atoms with Crippen molar-refractivity contribution < 1.29 is 24.2 Å². The van der Waals surface area contributed by atoms with Crippen LogP contribution in [-0.4, -0.2) is 129 Å². The van der Waals surface area contributed by atoms with Gasteiger partial charge in [0.2, 0.25) is 11.8 Å². The number of carbonyl (C=O) groups excluding carboxylic acids is 2. The van der Waals surface area contributed by atoms with E-state index in [0.717, 1.165) is 71.4 Å². The average molecular weight is 579 g/mol. The van der Waals surface area contributed by atoms with Gasteiger partial charge in [-0.25, -0.2) is 0 Å². The SMILES string of the molecule is CC(=O)N1CCC(NC2CNCC(C(=O)NC[C@H](O)CN3CCC4C(CCC(OCC5CNCO5)C4C)C3)C2)CC1. The molecule has 1 saturated carbocycles. The van der Waals surface area contributed by atoms with Gasteiger partial charge in [0.25, 0.3) is 0 Å². The Labute approximate surface area is 245 Å². The van der Waals surface area contributed by atoms with Gasteiger partial charge in [0.15, 0.2) is 0 Å². The molecule has 0 aromatic carbocycles. The summed E-state index contributed by atoms with van der Waals surface area (Å²) in [6, 6.07) is 0.635. The largest absolute Gasteiger partial charge is 0.390 e. The fraction of sp³-hybridized carbons (Fsp3) is 0.933. The van der Waals surface area contributed by atoms with E-state index in [0.29, 0.717) is 62.9 Å². The summed E-state index contributed by atoms with van der Waals surface area (Å²) in [5, 5.41) is 24.2. The molecule has 1 aliphatic carbocycles. The maximum atomic E-state index is 13.0. The van der Waals surface area contributed by atoms with Crippen molar-refractivity contribution in [1.29, 1.82) is 0 Å². The van der Waals surface area contributed by atoms with Crippen LogP contribution < -0.4 is 21.3 Å². The molecule has 11 nitrogen and oxygen atoms in total. The number of nitrogens with one attached hydrogen (secondary N) is 4. The van der Waals surface area contributed by atoms with Crippen LogP contribution in [0.25, 0.3) is 0 Å². The number of amides is 2. The van der Waals surface area contributed by atoms with Gasteiger partial charge in [-0.05, 0) is 62.8 Å². The van der Waals surface area contributed by atoms with Gasteiger partial charge in [-0.3, -0.25) is 14.9 Å². The Morgan fingerprint density at radius 1 is 1.05 bits per heavy atom. The first-order valence-corrected chi connectivity index (χ1v) is 16.2. The zero-order valence-corrected chi connectivity index (χ0v) is 25.2. The van der Waals surface area contributed by atoms with Gasteiger partial charge in [-0.15, -0.1) is 0 Å². The van der Waals surface area contributed by atoms with E-state index >= 15 is 0 Å². The summed E-state index contributed by atoms with van der Waals surface area (Å²) in [5.41, 5.74) is 0. The molecular weight excluding hydrogens is 524 g/mol. The number of β-amino-alcohol motifs (C(OH)–C–C–N with tert-alkyl or cyclic N) is 1. The first kappa shape index (κ1) is 31.1. The van der Waals surface area contributed by atoms with Crippen LogP contribution in [-0.2, 0) is 19.1 Å². The first-order valence-electron chi connectivity index (χ1n) is 16.2. The van der Waals surface area contributed by atoms with Crippen LogP contribution in [0.2, 0.25) is 0 Å². The molecule has 2 amide bonds. The number of hydrogen-bond acceptors (Lipinski definition) is 9. The number of aliphatic hydroxyl groups excluding tert-OH is 1. The average Bonchev–Trinajstić information content (AvgIpc) is 3.50. The van der Waals surface area contributed by atoms with Crippen molar-refractivity contribution in [3.8, 4) is 0 Å². The third-order valence-corrected chi connectivity index (χ3v) is 10.4. The van der Waals surface area contributed by atoms with Gasteiger partial charge in [0.1, 0.15) is 0 Å². The van der Waals surface area contributed by atoms with Crippen molar-refractivity contribution >= 4 is 11.8 Å². The molecule has 5 rings (SSSR count). The van der Waals surface area contributed by atoms with E-state index in [1.807, 2.05) is 4.90 Å². The lowest BCUT2D eigenvalue weighted by Gasteiger charge is -2.47. The van der Waals surface area contributed by atoms with Crippen molar-refractivity contribution in [2.24, 2.45) is 23.7 Å². The minimum Gasteiger partial charge on any atom is -0.390 e. The lowest BCUT2D eigenvalue weighted by atomic mass is 9.68. The second-order valence-electron chi connectivity index (χ2n) is 13.3. The summed E-state index contributed by atoms with van der Waals surface area (Å²) >= 11 is 0. The lowest BCUT2D eigenvalue weighted by Crippen LogP contribution is -2.55. The Bertz CT molecular complexity index is 851. The molecule has 5 aliphatic rings. The molecule has 0 aromatic rings. The van der Waals surface area contributed by atoms with E-state index < -0.39 is 6.10 Å². The Morgan fingerprint density at radius 2 is 1.88 bits per heavy atom. The molecule has 0 spiro atoms. The number of carbonyl (C=O) groups is 2. The highest BCUT2D eigenvalue weighted by molar-refractivity contribution is 5.79. The van der Waals surface area contributed by atoms with Gasteiger partial charge in [-0.2, -0.15) is 0 Å². The predicted octanol–water partition coefficient (Wildman–Crippen LogP) is -0.259.